The molecule has 4 rings (SSSR count). The molecular weight excluding hydrogens is 254 g/mol. The molecule has 2 aliphatic rings. The fraction of sp³-hybridized carbons (Fsp3) is 0.600. The van der Waals surface area contributed by atoms with Crippen molar-refractivity contribution in [3.63, 3.8) is 0 Å². The van der Waals surface area contributed by atoms with Gasteiger partial charge < -0.3 is 8.94 Å². The predicted octanol–water partition coefficient (Wildman–Crippen LogP) is 2.95. The first-order valence-corrected chi connectivity index (χ1v) is 7.36. The van der Waals surface area contributed by atoms with Crippen molar-refractivity contribution in [3.05, 3.63) is 24.5 Å². The first-order valence-electron chi connectivity index (χ1n) is 7.36. The average Bonchev–Trinajstić information content (AvgIpc) is 3.34. The maximum absolute atomic E-state index is 5.37. The Labute approximate surface area is 118 Å². The van der Waals surface area contributed by atoms with Crippen LogP contribution in [0.25, 0.3) is 11.4 Å². The topological polar surface area (TPSA) is 55.3 Å². The molecule has 2 aromatic rings. The number of hydrogen-bond donors (Lipinski definition) is 0. The molecule has 2 aliphatic carbocycles. The lowest BCUT2D eigenvalue weighted by Gasteiger charge is -2.26. The van der Waals surface area contributed by atoms with Gasteiger partial charge in [-0.3, -0.25) is 4.90 Å². The van der Waals surface area contributed by atoms with Gasteiger partial charge in [0.25, 0.3) is 0 Å². The molecule has 0 unspecified atom stereocenters. The minimum absolute atomic E-state index is 0.608. The van der Waals surface area contributed by atoms with Crippen molar-refractivity contribution in [2.75, 3.05) is 7.05 Å². The van der Waals surface area contributed by atoms with Crippen LogP contribution in [0.15, 0.2) is 27.5 Å². The van der Waals surface area contributed by atoms with Gasteiger partial charge in [-0.15, -0.1) is 0 Å². The molecule has 0 radical (unpaired) electrons. The number of aromatic nitrogens is 2. The molecule has 0 amide bonds. The highest BCUT2D eigenvalue weighted by Crippen LogP contribution is 2.47. The Morgan fingerprint density at radius 2 is 2.05 bits per heavy atom. The quantitative estimate of drug-likeness (QED) is 0.810. The van der Waals surface area contributed by atoms with Gasteiger partial charge >= 0.3 is 0 Å². The molecule has 0 aromatic carbocycles. The van der Waals surface area contributed by atoms with Gasteiger partial charge in [-0.2, -0.15) is 4.98 Å². The third-order valence-electron chi connectivity index (χ3n) is 4.35. The van der Waals surface area contributed by atoms with Crippen LogP contribution in [0.3, 0.4) is 0 Å². The normalized spacial score (nSPS) is 19.1. The molecule has 20 heavy (non-hydrogen) atoms. The third kappa shape index (κ3) is 2.38. The van der Waals surface area contributed by atoms with Gasteiger partial charge in [0.05, 0.1) is 18.4 Å². The van der Waals surface area contributed by atoms with Gasteiger partial charge in [-0.05, 0) is 50.6 Å². The summed E-state index contributed by atoms with van der Waals surface area (Å²) in [5.41, 5.74) is 0.864. The SMILES string of the molecule is CN(Cc1nc(-c2ccoc2)no1)C(C1CC1)C1CC1. The van der Waals surface area contributed by atoms with Gasteiger partial charge in [0, 0.05) is 6.04 Å². The Bertz CT molecular complexity index is 558. The summed E-state index contributed by atoms with van der Waals surface area (Å²) in [6.07, 6.45) is 8.79. The summed E-state index contributed by atoms with van der Waals surface area (Å²) < 4.78 is 10.4. The highest BCUT2D eigenvalue weighted by molar-refractivity contribution is 5.51. The lowest BCUT2D eigenvalue weighted by Crippen LogP contribution is -2.34. The third-order valence-corrected chi connectivity index (χ3v) is 4.35. The molecule has 2 fully saturated rings. The van der Waals surface area contributed by atoms with Crippen molar-refractivity contribution in [1.29, 1.82) is 0 Å². The second-order valence-corrected chi connectivity index (χ2v) is 6.10. The second-order valence-electron chi connectivity index (χ2n) is 6.10. The van der Waals surface area contributed by atoms with E-state index in [-0.39, 0.29) is 0 Å². The first kappa shape index (κ1) is 12.1. The van der Waals surface area contributed by atoms with Crippen LogP contribution in [-0.2, 0) is 6.54 Å². The van der Waals surface area contributed by atoms with Gasteiger partial charge in [0.2, 0.25) is 11.7 Å². The van der Waals surface area contributed by atoms with Crippen LogP contribution < -0.4 is 0 Å². The van der Waals surface area contributed by atoms with E-state index in [1.54, 1.807) is 12.5 Å². The maximum Gasteiger partial charge on any atom is 0.241 e. The van der Waals surface area contributed by atoms with E-state index in [1.807, 2.05) is 6.07 Å². The van der Waals surface area contributed by atoms with E-state index in [4.69, 9.17) is 8.94 Å². The van der Waals surface area contributed by atoms with Crippen LogP contribution in [0, 0.1) is 11.8 Å². The van der Waals surface area contributed by atoms with Gasteiger partial charge in [0.15, 0.2) is 0 Å². The van der Waals surface area contributed by atoms with Crippen molar-refractivity contribution < 1.29 is 8.94 Å². The van der Waals surface area contributed by atoms with E-state index in [0.717, 1.165) is 23.9 Å². The molecule has 0 aliphatic heterocycles. The molecule has 106 valence electrons. The summed E-state index contributed by atoms with van der Waals surface area (Å²) in [4.78, 5) is 6.86. The average molecular weight is 273 g/mol. The second kappa shape index (κ2) is 4.74. The molecule has 2 aromatic heterocycles. The summed E-state index contributed by atoms with van der Waals surface area (Å²) in [7, 11) is 2.18. The van der Waals surface area contributed by atoms with E-state index >= 15 is 0 Å². The van der Waals surface area contributed by atoms with Crippen LogP contribution in [0.4, 0.5) is 0 Å². The zero-order chi connectivity index (χ0) is 13.5. The lowest BCUT2D eigenvalue weighted by molar-refractivity contribution is 0.165. The number of nitrogens with zero attached hydrogens (tertiary/aromatic N) is 3. The molecule has 0 spiro atoms. The standard InChI is InChI=1S/C15H19N3O2/c1-18(14(10-2-3-10)11-4-5-11)8-13-16-15(17-20-13)12-6-7-19-9-12/h6-7,9-11,14H,2-5,8H2,1H3. The van der Waals surface area contributed by atoms with Crippen molar-refractivity contribution in [3.8, 4) is 11.4 Å². The molecule has 2 heterocycles. The largest absolute Gasteiger partial charge is 0.472 e. The Morgan fingerprint density at radius 1 is 1.30 bits per heavy atom. The fourth-order valence-corrected chi connectivity index (χ4v) is 3.13. The Kier molecular flexibility index (Phi) is 2.88. The lowest BCUT2D eigenvalue weighted by atomic mass is 10.1. The van der Waals surface area contributed by atoms with Gasteiger partial charge in [0.1, 0.15) is 6.26 Å². The predicted molar refractivity (Wildman–Crippen MR) is 72.7 cm³/mol. The number of hydrogen-bond acceptors (Lipinski definition) is 5. The van der Waals surface area contributed by atoms with E-state index < -0.39 is 0 Å². The van der Waals surface area contributed by atoms with Crippen LogP contribution in [0.1, 0.15) is 31.6 Å². The minimum atomic E-state index is 0.608. The highest BCUT2D eigenvalue weighted by Gasteiger charge is 2.43. The van der Waals surface area contributed by atoms with Crippen LogP contribution in [0.2, 0.25) is 0 Å². The van der Waals surface area contributed by atoms with E-state index in [1.165, 1.54) is 25.7 Å². The summed E-state index contributed by atoms with van der Waals surface area (Å²) in [5, 5.41) is 4.02. The van der Waals surface area contributed by atoms with Crippen molar-refractivity contribution in [1.82, 2.24) is 15.0 Å². The molecule has 2 saturated carbocycles. The number of rotatable bonds is 6. The summed E-state index contributed by atoms with van der Waals surface area (Å²) >= 11 is 0. The van der Waals surface area contributed by atoms with Crippen molar-refractivity contribution in [2.45, 2.75) is 38.3 Å². The van der Waals surface area contributed by atoms with Gasteiger partial charge in [-0.25, -0.2) is 0 Å². The summed E-state index contributed by atoms with van der Waals surface area (Å²) in [6.45, 7) is 0.739. The molecular formula is C15H19N3O2. The van der Waals surface area contributed by atoms with E-state index in [2.05, 4.69) is 22.1 Å². The zero-order valence-electron chi connectivity index (χ0n) is 11.7. The maximum atomic E-state index is 5.37. The molecule has 0 saturated heterocycles. The molecule has 5 nitrogen and oxygen atoms in total. The Morgan fingerprint density at radius 3 is 2.65 bits per heavy atom. The van der Waals surface area contributed by atoms with Crippen LogP contribution in [0.5, 0.6) is 0 Å². The van der Waals surface area contributed by atoms with Crippen molar-refractivity contribution in [2.24, 2.45) is 11.8 Å². The molecule has 0 atom stereocenters. The Balaban J connectivity index is 1.45. The monoisotopic (exact) mass is 273 g/mol. The smallest absolute Gasteiger partial charge is 0.241 e. The zero-order valence-corrected chi connectivity index (χ0v) is 11.7. The highest BCUT2D eigenvalue weighted by atomic mass is 16.5. The molecule has 5 heteroatoms. The van der Waals surface area contributed by atoms with E-state index in [9.17, 15) is 0 Å². The molecule has 0 bridgehead atoms. The number of furan rings is 1. The first-order chi connectivity index (χ1) is 9.81. The van der Waals surface area contributed by atoms with Gasteiger partial charge in [-0.1, -0.05) is 5.16 Å². The fourth-order valence-electron chi connectivity index (χ4n) is 3.13. The summed E-state index contributed by atoms with van der Waals surface area (Å²) in [5.74, 6) is 3.08. The van der Waals surface area contributed by atoms with E-state index in [0.29, 0.717) is 17.8 Å². The minimum Gasteiger partial charge on any atom is -0.472 e. The van der Waals surface area contributed by atoms with Crippen molar-refractivity contribution >= 4 is 0 Å². The summed E-state index contributed by atoms with van der Waals surface area (Å²) in [6, 6.07) is 2.55. The molecule has 0 N–H and O–H groups in total. The van der Waals surface area contributed by atoms with Crippen LogP contribution >= 0.6 is 0 Å². The Hall–Kier alpha value is -1.62. The van der Waals surface area contributed by atoms with Crippen LogP contribution in [-0.4, -0.2) is 28.1 Å².